The molecule has 3 N–H and O–H groups in total. The maximum atomic E-state index is 10.1. The van der Waals surface area contributed by atoms with Crippen LogP contribution in [-0.2, 0) is 13.1 Å². The van der Waals surface area contributed by atoms with E-state index in [2.05, 4.69) is 5.32 Å². The summed E-state index contributed by atoms with van der Waals surface area (Å²) in [6.07, 6.45) is 0. The summed E-state index contributed by atoms with van der Waals surface area (Å²) in [7, 11) is 0. The summed E-state index contributed by atoms with van der Waals surface area (Å²) < 4.78 is 5.34. The number of ether oxygens (including phenoxy) is 1. The van der Waals surface area contributed by atoms with Gasteiger partial charge in [-0.15, -0.1) is 0 Å². The van der Waals surface area contributed by atoms with Gasteiger partial charge in [-0.25, -0.2) is 0 Å². The molecule has 0 radical (unpaired) electrons. The Balaban J connectivity index is 1.98. The van der Waals surface area contributed by atoms with E-state index in [1.165, 1.54) is 0 Å². The maximum Gasteiger partial charge on any atom is 0.162 e. The highest BCUT2D eigenvalue weighted by Gasteiger charge is 2.07. The molecule has 0 atom stereocenters. The van der Waals surface area contributed by atoms with Crippen molar-refractivity contribution >= 4 is 0 Å². The van der Waals surface area contributed by atoms with Crippen molar-refractivity contribution in [2.24, 2.45) is 0 Å². The van der Waals surface area contributed by atoms with Crippen LogP contribution in [0.5, 0.6) is 17.2 Å². The summed E-state index contributed by atoms with van der Waals surface area (Å²) in [6.45, 7) is 3.43. The van der Waals surface area contributed by atoms with Crippen molar-refractivity contribution in [2.45, 2.75) is 20.0 Å². The fraction of sp³-hybridized carbons (Fsp3) is 0.250. The van der Waals surface area contributed by atoms with Crippen LogP contribution >= 0.6 is 0 Å². The van der Waals surface area contributed by atoms with Crippen LogP contribution in [-0.4, -0.2) is 16.8 Å². The van der Waals surface area contributed by atoms with Crippen LogP contribution < -0.4 is 10.1 Å². The summed E-state index contributed by atoms with van der Waals surface area (Å²) in [5, 5.41) is 22.9. The summed E-state index contributed by atoms with van der Waals surface area (Å²) in [6, 6.07) is 12.6. The van der Waals surface area contributed by atoms with Gasteiger partial charge in [-0.05, 0) is 19.1 Å². The molecule has 2 aromatic rings. The normalized spacial score (nSPS) is 10.4. The number of benzene rings is 2. The average Bonchev–Trinajstić information content (AvgIpc) is 2.45. The molecule has 0 saturated carbocycles. The van der Waals surface area contributed by atoms with Gasteiger partial charge in [0, 0.05) is 24.2 Å². The third-order valence-electron chi connectivity index (χ3n) is 3.00. The van der Waals surface area contributed by atoms with Gasteiger partial charge in [0.1, 0.15) is 5.75 Å². The number of phenolic OH excluding ortho intramolecular Hbond substituents is 2. The lowest BCUT2D eigenvalue weighted by Gasteiger charge is -2.11. The number of phenols is 2. The van der Waals surface area contributed by atoms with Crippen molar-refractivity contribution in [3.8, 4) is 17.2 Å². The van der Waals surface area contributed by atoms with Crippen LogP contribution in [0, 0.1) is 0 Å². The molecule has 0 heterocycles. The SMILES string of the molecule is CCOc1cccc(CNCc2ccccc2O)c1O. The van der Waals surface area contributed by atoms with E-state index in [9.17, 15) is 10.2 Å². The zero-order valence-corrected chi connectivity index (χ0v) is 11.5. The lowest BCUT2D eigenvalue weighted by Crippen LogP contribution is -2.13. The monoisotopic (exact) mass is 273 g/mol. The lowest BCUT2D eigenvalue weighted by molar-refractivity contribution is 0.316. The molecule has 0 fully saturated rings. The second-order valence-electron chi connectivity index (χ2n) is 4.43. The van der Waals surface area contributed by atoms with E-state index < -0.39 is 0 Å². The largest absolute Gasteiger partial charge is 0.508 e. The average molecular weight is 273 g/mol. The molecule has 0 aliphatic heterocycles. The van der Waals surface area contributed by atoms with E-state index in [-0.39, 0.29) is 11.5 Å². The first-order valence-corrected chi connectivity index (χ1v) is 6.63. The molecule has 0 amide bonds. The van der Waals surface area contributed by atoms with E-state index in [0.717, 1.165) is 11.1 Å². The van der Waals surface area contributed by atoms with Crippen molar-refractivity contribution < 1.29 is 14.9 Å². The van der Waals surface area contributed by atoms with Crippen molar-refractivity contribution in [1.82, 2.24) is 5.32 Å². The van der Waals surface area contributed by atoms with Crippen LogP contribution in [0.15, 0.2) is 42.5 Å². The molecule has 0 aliphatic carbocycles. The second kappa shape index (κ2) is 6.82. The van der Waals surface area contributed by atoms with Gasteiger partial charge in [0.15, 0.2) is 11.5 Å². The molecule has 0 aromatic heterocycles. The van der Waals surface area contributed by atoms with Crippen LogP contribution in [0.25, 0.3) is 0 Å². The van der Waals surface area contributed by atoms with Crippen LogP contribution in [0.2, 0.25) is 0 Å². The number of rotatable bonds is 6. The third kappa shape index (κ3) is 3.42. The van der Waals surface area contributed by atoms with E-state index >= 15 is 0 Å². The minimum absolute atomic E-state index is 0.166. The summed E-state index contributed by atoms with van der Waals surface area (Å²) in [5.74, 6) is 0.931. The minimum Gasteiger partial charge on any atom is -0.508 e. The highest BCUT2D eigenvalue weighted by Crippen LogP contribution is 2.29. The van der Waals surface area contributed by atoms with E-state index in [1.54, 1.807) is 18.2 Å². The molecule has 20 heavy (non-hydrogen) atoms. The van der Waals surface area contributed by atoms with Crippen LogP contribution in [0.3, 0.4) is 0 Å². The zero-order chi connectivity index (χ0) is 14.4. The molecule has 4 nitrogen and oxygen atoms in total. The Labute approximate surface area is 118 Å². The number of nitrogens with one attached hydrogen (secondary N) is 1. The van der Waals surface area contributed by atoms with Gasteiger partial charge in [-0.2, -0.15) is 0 Å². The number of aromatic hydroxyl groups is 2. The van der Waals surface area contributed by atoms with Gasteiger partial charge >= 0.3 is 0 Å². The molecule has 106 valence electrons. The van der Waals surface area contributed by atoms with E-state index in [4.69, 9.17) is 4.74 Å². The Morgan fingerprint density at radius 2 is 1.65 bits per heavy atom. The molecule has 2 aromatic carbocycles. The first-order chi connectivity index (χ1) is 9.72. The van der Waals surface area contributed by atoms with E-state index in [0.29, 0.717) is 25.4 Å². The Hall–Kier alpha value is -2.20. The number of hydrogen-bond donors (Lipinski definition) is 3. The van der Waals surface area contributed by atoms with Gasteiger partial charge in [-0.3, -0.25) is 0 Å². The minimum atomic E-state index is 0.166. The predicted molar refractivity (Wildman–Crippen MR) is 77.9 cm³/mol. The Morgan fingerprint density at radius 3 is 2.40 bits per heavy atom. The summed E-state index contributed by atoms with van der Waals surface area (Å²) in [4.78, 5) is 0. The fourth-order valence-electron chi connectivity index (χ4n) is 1.97. The molecule has 0 unspecified atom stereocenters. The molecule has 0 bridgehead atoms. The number of hydrogen-bond acceptors (Lipinski definition) is 4. The topological polar surface area (TPSA) is 61.7 Å². The van der Waals surface area contributed by atoms with Crippen LogP contribution in [0.4, 0.5) is 0 Å². The molecular weight excluding hydrogens is 254 g/mol. The summed E-state index contributed by atoms with van der Waals surface area (Å²) >= 11 is 0. The lowest BCUT2D eigenvalue weighted by atomic mass is 10.1. The highest BCUT2D eigenvalue weighted by atomic mass is 16.5. The molecule has 4 heteroatoms. The Morgan fingerprint density at radius 1 is 0.950 bits per heavy atom. The van der Waals surface area contributed by atoms with E-state index in [1.807, 2.05) is 31.2 Å². The quantitative estimate of drug-likeness (QED) is 0.757. The molecule has 0 aliphatic rings. The van der Waals surface area contributed by atoms with Crippen molar-refractivity contribution in [1.29, 1.82) is 0 Å². The fourth-order valence-corrected chi connectivity index (χ4v) is 1.97. The molecule has 0 spiro atoms. The van der Waals surface area contributed by atoms with Gasteiger partial charge in [0.05, 0.1) is 6.61 Å². The smallest absolute Gasteiger partial charge is 0.162 e. The first kappa shape index (κ1) is 14.2. The molecular formula is C16H19NO3. The third-order valence-corrected chi connectivity index (χ3v) is 3.00. The Kier molecular flexibility index (Phi) is 4.85. The standard InChI is InChI=1S/C16H19NO3/c1-2-20-15-9-5-7-13(16(15)19)11-17-10-12-6-3-4-8-14(12)18/h3-9,17-19H,2,10-11H2,1H3. The second-order valence-corrected chi connectivity index (χ2v) is 4.43. The Bertz CT molecular complexity index is 569. The van der Waals surface area contributed by atoms with Crippen molar-refractivity contribution in [2.75, 3.05) is 6.61 Å². The molecule has 2 rings (SSSR count). The van der Waals surface area contributed by atoms with Gasteiger partial charge < -0.3 is 20.3 Å². The first-order valence-electron chi connectivity index (χ1n) is 6.63. The van der Waals surface area contributed by atoms with Gasteiger partial charge in [0.2, 0.25) is 0 Å². The zero-order valence-electron chi connectivity index (χ0n) is 11.5. The van der Waals surface area contributed by atoms with Gasteiger partial charge in [0.25, 0.3) is 0 Å². The van der Waals surface area contributed by atoms with Crippen molar-refractivity contribution in [3.05, 3.63) is 53.6 Å². The van der Waals surface area contributed by atoms with Crippen molar-refractivity contribution in [3.63, 3.8) is 0 Å². The number of para-hydroxylation sites is 2. The maximum absolute atomic E-state index is 10.1. The predicted octanol–water partition coefficient (Wildman–Crippen LogP) is 2.79. The van der Waals surface area contributed by atoms with Crippen LogP contribution in [0.1, 0.15) is 18.1 Å². The highest BCUT2D eigenvalue weighted by molar-refractivity contribution is 5.45. The summed E-state index contributed by atoms with van der Waals surface area (Å²) in [5.41, 5.74) is 1.60. The van der Waals surface area contributed by atoms with Gasteiger partial charge in [-0.1, -0.05) is 30.3 Å². The molecule has 0 saturated heterocycles.